The lowest BCUT2D eigenvalue weighted by Crippen LogP contribution is -3.14. The number of piperidine rings is 2. The van der Waals surface area contributed by atoms with Gasteiger partial charge in [0.15, 0.2) is 6.54 Å². The van der Waals surface area contributed by atoms with Gasteiger partial charge in [-0.3, -0.25) is 4.79 Å². The summed E-state index contributed by atoms with van der Waals surface area (Å²) in [6.45, 7) is 4.83. The third-order valence-corrected chi connectivity index (χ3v) is 6.66. The molecular weight excluding hydrogens is 318 g/mol. The topological polar surface area (TPSA) is 37.6 Å². The van der Waals surface area contributed by atoms with Crippen LogP contribution in [0.5, 0.6) is 0 Å². The van der Waals surface area contributed by atoms with Crippen LogP contribution in [0, 0.1) is 0 Å². The monoisotopic (exact) mass is 344 g/mol. The summed E-state index contributed by atoms with van der Waals surface area (Å²) in [5.41, 5.74) is 1.13. The van der Waals surface area contributed by atoms with E-state index in [-0.39, 0.29) is 0 Å². The van der Waals surface area contributed by atoms with Crippen molar-refractivity contribution >= 4 is 27.5 Å². The summed E-state index contributed by atoms with van der Waals surface area (Å²) in [7, 11) is 0. The molecule has 4 nitrogen and oxygen atoms in total. The fourth-order valence-corrected chi connectivity index (χ4v) is 5.12. The highest BCUT2D eigenvalue weighted by Crippen LogP contribution is 2.31. The molecule has 128 valence electrons. The first-order chi connectivity index (χ1) is 11.8. The van der Waals surface area contributed by atoms with Gasteiger partial charge < -0.3 is 9.80 Å². The molecule has 3 heterocycles. The lowest BCUT2D eigenvalue weighted by Gasteiger charge is -2.31. The number of fused-ring (bicyclic) bond motifs is 1. The molecule has 0 radical (unpaired) electrons. The summed E-state index contributed by atoms with van der Waals surface area (Å²) < 4.78 is 1.29. The van der Waals surface area contributed by atoms with E-state index < -0.39 is 0 Å². The van der Waals surface area contributed by atoms with Crippen molar-refractivity contribution in [3.05, 3.63) is 29.3 Å². The lowest BCUT2D eigenvalue weighted by molar-refractivity contribution is -0.897. The van der Waals surface area contributed by atoms with Gasteiger partial charge in [0.25, 0.3) is 5.91 Å². The SMILES string of the molecule is O=C(C[NH+]1CCC(c2nc3ccccc3s2)CC1)N1CCCCC1. The van der Waals surface area contributed by atoms with Crippen LogP contribution >= 0.6 is 11.3 Å². The summed E-state index contributed by atoms with van der Waals surface area (Å²) in [4.78, 5) is 20.8. The molecule has 1 amide bonds. The van der Waals surface area contributed by atoms with E-state index in [1.807, 2.05) is 11.3 Å². The number of hydrogen-bond donors (Lipinski definition) is 1. The molecule has 2 aliphatic rings. The molecular formula is C19H26N3OS+. The van der Waals surface area contributed by atoms with E-state index in [0.717, 1.165) is 44.5 Å². The van der Waals surface area contributed by atoms with Crippen molar-refractivity contribution in [1.29, 1.82) is 0 Å². The molecule has 2 aromatic rings. The average Bonchev–Trinajstić information content (AvgIpc) is 3.07. The van der Waals surface area contributed by atoms with E-state index in [9.17, 15) is 4.79 Å². The van der Waals surface area contributed by atoms with Crippen molar-refractivity contribution in [1.82, 2.24) is 9.88 Å². The second-order valence-corrected chi connectivity index (χ2v) is 8.22. The maximum Gasteiger partial charge on any atom is 0.277 e. The lowest BCUT2D eigenvalue weighted by atomic mass is 9.97. The summed E-state index contributed by atoms with van der Waals surface area (Å²) in [5.74, 6) is 0.944. The van der Waals surface area contributed by atoms with Gasteiger partial charge in [-0.25, -0.2) is 4.98 Å². The summed E-state index contributed by atoms with van der Waals surface area (Å²) in [6, 6.07) is 8.41. The number of thiazole rings is 1. The van der Waals surface area contributed by atoms with Crippen molar-refractivity contribution in [2.24, 2.45) is 0 Å². The van der Waals surface area contributed by atoms with Crippen molar-refractivity contribution in [3.8, 4) is 0 Å². The van der Waals surface area contributed by atoms with Gasteiger partial charge in [-0.05, 0) is 31.4 Å². The highest BCUT2D eigenvalue weighted by atomic mass is 32.1. The van der Waals surface area contributed by atoms with Crippen molar-refractivity contribution in [2.75, 3.05) is 32.7 Å². The van der Waals surface area contributed by atoms with Crippen LogP contribution in [0.25, 0.3) is 10.2 Å². The number of aromatic nitrogens is 1. The van der Waals surface area contributed by atoms with Crippen LogP contribution in [0.3, 0.4) is 0 Å². The molecule has 0 bridgehead atoms. The zero-order valence-electron chi connectivity index (χ0n) is 14.2. The number of carbonyl (C=O) groups excluding carboxylic acids is 1. The number of carbonyl (C=O) groups is 1. The second kappa shape index (κ2) is 7.19. The molecule has 0 spiro atoms. The first-order valence-electron chi connectivity index (χ1n) is 9.26. The van der Waals surface area contributed by atoms with Gasteiger partial charge in [-0.2, -0.15) is 0 Å². The van der Waals surface area contributed by atoms with Crippen LogP contribution in [-0.4, -0.2) is 48.5 Å². The Morgan fingerprint density at radius 1 is 1.17 bits per heavy atom. The Morgan fingerprint density at radius 3 is 2.67 bits per heavy atom. The Balaban J connectivity index is 1.32. The van der Waals surface area contributed by atoms with Gasteiger partial charge in [0, 0.05) is 31.8 Å². The van der Waals surface area contributed by atoms with Crippen molar-refractivity contribution in [3.63, 3.8) is 0 Å². The normalized spacial score (nSPS) is 25.1. The number of para-hydroxylation sites is 1. The minimum atomic E-state index is 0.364. The number of quaternary nitrogens is 1. The van der Waals surface area contributed by atoms with E-state index in [1.165, 1.54) is 33.9 Å². The second-order valence-electron chi connectivity index (χ2n) is 7.16. The number of benzene rings is 1. The maximum atomic E-state index is 12.4. The van der Waals surface area contributed by atoms with Crippen LogP contribution in [0.15, 0.2) is 24.3 Å². The number of rotatable bonds is 3. The Morgan fingerprint density at radius 2 is 1.92 bits per heavy atom. The van der Waals surface area contributed by atoms with Gasteiger partial charge in [0.05, 0.1) is 28.3 Å². The number of amides is 1. The van der Waals surface area contributed by atoms with Crippen LogP contribution in [0.4, 0.5) is 0 Å². The van der Waals surface area contributed by atoms with Crippen LogP contribution < -0.4 is 4.90 Å². The molecule has 0 saturated carbocycles. The van der Waals surface area contributed by atoms with Gasteiger partial charge >= 0.3 is 0 Å². The van der Waals surface area contributed by atoms with Gasteiger partial charge in [0.1, 0.15) is 0 Å². The van der Waals surface area contributed by atoms with E-state index in [1.54, 1.807) is 0 Å². The number of nitrogens with zero attached hydrogens (tertiary/aromatic N) is 2. The largest absolute Gasteiger partial charge is 0.338 e. The fourth-order valence-electron chi connectivity index (χ4n) is 3.98. The van der Waals surface area contributed by atoms with Crippen molar-refractivity contribution < 1.29 is 9.69 Å². The quantitative estimate of drug-likeness (QED) is 0.926. The molecule has 0 aliphatic carbocycles. The predicted molar refractivity (Wildman–Crippen MR) is 97.6 cm³/mol. The number of likely N-dealkylation sites (tertiary alicyclic amines) is 2. The van der Waals surface area contributed by atoms with E-state index in [4.69, 9.17) is 4.98 Å². The number of nitrogens with one attached hydrogen (secondary N) is 1. The summed E-state index contributed by atoms with van der Waals surface area (Å²) in [5, 5.41) is 1.29. The molecule has 2 aliphatic heterocycles. The van der Waals surface area contributed by atoms with E-state index in [2.05, 4.69) is 29.2 Å². The van der Waals surface area contributed by atoms with Crippen molar-refractivity contribution in [2.45, 2.75) is 38.0 Å². The van der Waals surface area contributed by atoms with Crippen LogP contribution in [0.1, 0.15) is 43.0 Å². The molecule has 1 aromatic carbocycles. The molecule has 0 unspecified atom stereocenters. The molecule has 5 heteroatoms. The molecule has 0 atom stereocenters. The Bertz CT molecular complexity index is 666. The van der Waals surface area contributed by atoms with E-state index >= 15 is 0 Å². The molecule has 1 N–H and O–H groups in total. The first-order valence-corrected chi connectivity index (χ1v) is 10.1. The van der Waals surface area contributed by atoms with Gasteiger partial charge in [-0.1, -0.05) is 12.1 Å². The zero-order valence-corrected chi connectivity index (χ0v) is 15.0. The maximum absolute atomic E-state index is 12.4. The minimum absolute atomic E-state index is 0.364. The predicted octanol–water partition coefficient (Wildman–Crippen LogP) is 2.07. The van der Waals surface area contributed by atoms with Crippen LogP contribution in [-0.2, 0) is 4.79 Å². The third-order valence-electron chi connectivity index (χ3n) is 5.46. The standard InChI is InChI=1S/C19H25N3OS/c23-18(22-10-4-1-5-11-22)14-21-12-8-15(9-13-21)19-20-16-6-2-3-7-17(16)24-19/h2-3,6-7,15H,1,4-5,8-14H2/p+1. The van der Waals surface area contributed by atoms with Gasteiger partial charge in [0.2, 0.25) is 0 Å². The Labute approximate surface area is 147 Å². The van der Waals surface area contributed by atoms with Gasteiger partial charge in [-0.15, -0.1) is 11.3 Å². The zero-order chi connectivity index (χ0) is 16.4. The third kappa shape index (κ3) is 3.47. The molecule has 4 rings (SSSR count). The smallest absolute Gasteiger partial charge is 0.277 e. The Hall–Kier alpha value is -1.46. The molecule has 24 heavy (non-hydrogen) atoms. The highest BCUT2D eigenvalue weighted by molar-refractivity contribution is 7.18. The van der Waals surface area contributed by atoms with Crippen LogP contribution in [0.2, 0.25) is 0 Å². The molecule has 2 saturated heterocycles. The molecule has 1 aromatic heterocycles. The number of hydrogen-bond acceptors (Lipinski definition) is 3. The van der Waals surface area contributed by atoms with E-state index in [0.29, 0.717) is 18.4 Å². The highest BCUT2D eigenvalue weighted by Gasteiger charge is 2.28. The molecule has 2 fully saturated rings. The first kappa shape index (κ1) is 16.0. The Kier molecular flexibility index (Phi) is 4.81. The summed E-state index contributed by atoms with van der Waals surface area (Å²) >= 11 is 1.85. The minimum Gasteiger partial charge on any atom is -0.338 e. The summed E-state index contributed by atoms with van der Waals surface area (Å²) in [6.07, 6.45) is 5.95. The fraction of sp³-hybridized carbons (Fsp3) is 0.579. The average molecular weight is 345 g/mol.